The van der Waals surface area contributed by atoms with E-state index in [0.717, 1.165) is 16.9 Å². The molecule has 1 aliphatic rings. The highest BCUT2D eigenvalue weighted by Crippen LogP contribution is 2.32. The number of sulfonamides is 1. The molecule has 0 spiro atoms. The van der Waals surface area contributed by atoms with Crippen molar-refractivity contribution in [2.24, 2.45) is 0 Å². The Kier molecular flexibility index (Phi) is 6.95. The number of ether oxygens (including phenoxy) is 1. The molecule has 0 aliphatic carbocycles. The highest BCUT2D eigenvalue weighted by molar-refractivity contribution is 7.89. The minimum absolute atomic E-state index is 0.0174. The third-order valence-corrected chi connectivity index (χ3v) is 7.22. The van der Waals surface area contributed by atoms with E-state index in [1.165, 1.54) is 25.1 Å². The first-order valence-electron chi connectivity index (χ1n) is 11.2. The fraction of sp³-hybridized carbons (Fsp3) is 0.280. The van der Waals surface area contributed by atoms with E-state index in [1.807, 2.05) is 30.3 Å². The number of esters is 1. The van der Waals surface area contributed by atoms with E-state index in [2.05, 4.69) is 9.71 Å². The van der Waals surface area contributed by atoms with Crippen molar-refractivity contribution in [2.45, 2.75) is 31.6 Å². The van der Waals surface area contributed by atoms with Gasteiger partial charge in [-0.3, -0.25) is 24.3 Å². The lowest BCUT2D eigenvalue weighted by Gasteiger charge is -2.13. The van der Waals surface area contributed by atoms with Gasteiger partial charge in [0.05, 0.1) is 33.8 Å². The van der Waals surface area contributed by atoms with Gasteiger partial charge in [-0.05, 0) is 43.5 Å². The summed E-state index contributed by atoms with van der Waals surface area (Å²) in [5.74, 6) is -1.63. The van der Waals surface area contributed by atoms with E-state index in [-0.39, 0.29) is 41.1 Å². The Balaban J connectivity index is 1.58. The van der Waals surface area contributed by atoms with Crippen LogP contribution in [0.2, 0.25) is 0 Å². The number of rotatable bonds is 9. The molecular weight excluding hydrogens is 470 g/mol. The number of pyridine rings is 1. The van der Waals surface area contributed by atoms with Crippen LogP contribution in [0.3, 0.4) is 0 Å². The van der Waals surface area contributed by atoms with Crippen LogP contribution in [0, 0.1) is 6.92 Å². The average Bonchev–Trinajstić information content (AvgIpc) is 3.08. The van der Waals surface area contributed by atoms with Crippen molar-refractivity contribution in [1.29, 1.82) is 0 Å². The minimum Gasteiger partial charge on any atom is -0.464 e. The van der Waals surface area contributed by atoms with E-state index in [9.17, 15) is 22.8 Å². The summed E-state index contributed by atoms with van der Waals surface area (Å²) in [6.07, 6.45) is 1.36. The van der Waals surface area contributed by atoms with Crippen molar-refractivity contribution < 1.29 is 27.5 Å². The van der Waals surface area contributed by atoms with Crippen LogP contribution in [0.1, 0.15) is 45.3 Å². The smallest absolute Gasteiger partial charge is 0.302 e. The van der Waals surface area contributed by atoms with Crippen LogP contribution in [0.25, 0.3) is 10.9 Å². The van der Waals surface area contributed by atoms with Crippen LogP contribution < -0.4 is 4.72 Å². The molecular formula is C25H25N3O6S. The molecule has 2 amide bonds. The van der Waals surface area contributed by atoms with Gasteiger partial charge in [-0.1, -0.05) is 30.3 Å². The Morgan fingerprint density at radius 1 is 1.06 bits per heavy atom. The van der Waals surface area contributed by atoms with Crippen LogP contribution in [0.5, 0.6) is 0 Å². The molecule has 35 heavy (non-hydrogen) atoms. The molecule has 0 atom stereocenters. The van der Waals surface area contributed by atoms with Gasteiger partial charge >= 0.3 is 5.97 Å². The molecule has 2 heterocycles. The number of carbonyl (C=O) groups excluding carboxylic acids is 3. The van der Waals surface area contributed by atoms with Crippen molar-refractivity contribution in [2.75, 3.05) is 19.7 Å². The Morgan fingerprint density at radius 2 is 1.77 bits per heavy atom. The second-order valence-electron chi connectivity index (χ2n) is 8.22. The van der Waals surface area contributed by atoms with Gasteiger partial charge in [-0.15, -0.1) is 0 Å². The summed E-state index contributed by atoms with van der Waals surface area (Å²) in [6, 6.07) is 14.1. The van der Waals surface area contributed by atoms with Gasteiger partial charge in [0, 0.05) is 18.9 Å². The molecule has 3 aromatic rings. The van der Waals surface area contributed by atoms with Crippen molar-refractivity contribution in [3.63, 3.8) is 0 Å². The van der Waals surface area contributed by atoms with Crippen LogP contribution in [0.15, 0.2) is 53.4 Å². The van der Waals surface area contributed by atoms with Gasteiger partial charge in [0.15, 0.2) is 0 Å². The molecule has 4 rings (SSSR count). The predicted octanol–water partition coefficient (Wildman–Crippen LogP) is 2.61. The lowest BCUT2D eigenvalue weighted by molar-refractivity contribution is -0.141. The number of carbonyl (C=O) groups is 3. The molecule has 0 saturated heterocycles. The maximum atomic E-state index is 13.1. The second kappa shape index (κ2) is 9.93. The standard InChI is InChI=1S/C25H25N3O6S/c1-16-22-23(25(31)28(24(22)30)13-14-34-17(2)29)20-15-19(10-11-21(20)27-16)35(32,33)26-12-6-9-18-7-4-3-5-8-18/h3-5,7-8,10-11,15,26H,6,9,12-14H2,1-2H3. The Morgan fingerprint density at radius 3 is 2.49 bits per heavy atom. The van der Waals surface area contributed by atoms with Crippen molar-refractivity contribution in [1.82, 2.24) is 14.6 Å². The number of imide groups is 1. The summed E-state index contributed by atoms with van der Waals surface area (Å²) in [6.45, 7) is 2.88. The maximum Gasteiger partial charge on any atom is 0.302 e. The van der Waals surface area contributed by atoms with Crippen molar-refractivity contribution >= 4 is 38.7 Å². The van der Waals surface area contributed by atoms with Crippen molar-refractivity contribution in [3.05, 3.63) is 70.9 Å². The van der Waals surface area contributed by atoms with E-state index in [1.54, 1.807) is 6.92 Å². The fourth-order valence-electron chi connectivity index (χ4n) is 4.09. The SMILES string of the molecule is CC(=O)OCCN1C(=O)c2c(C)nc3ccc(S(=O)(=O)NCCCc4ccccc4)cc3c2C1=O. The summed E-state index contributed by atoms with van der Waals surface area (Å²) in [7, 11) is -3.85. The number of hydrogen-bond acceptors (Lipinski definition) is 7. The van der Waals surface area contributed by atoms with Crippen LogP contribution in [0.4, 0.5) is 0 Å². The first kappa shape index (κ1) is 24.5. The molecule has 1 aliphatic heterocycles. The normalized spacial score (nSPS) is 13.4. The van der Waals surface area contributed by atoms with E-state index in [0.29, 0.717) is 17.6 Å². The van der Waals surface area contributed by atoms with Crippen LogP contribution >= 0.6 is 0 Å². The number of hydrogen-bond donors (Lipinski definition) is 1. The molecule has 10 heteroatoms. The molecule has 0 unspecified atom stereocenters. The summed E-state index contributed by atoms with van der Waals surface area (Å²) in [5.41, 5.74) is 2.15. The zero-order valence-corrected chi connectivity index (χ0v) is 20.2. The van der Waals surface area contributed by atoms with Gasteiger partial charge in [-0.25, -0.2) is 13.1 Å². The third-order valence-electron chi connectivity index (χ3n) is 5.76. The van der Waals surface area contributed by atoms with E-state index < -0.39 is 27.8 Å². The number of nitrogens with zero attached hydrogens (tertiary/aromatic N) is 2. The fourth-order valence-corrected chi connectivity index (χ4v) is 5.19. The quantitative estimate of drug-likeness (QED) is 0.275. The molecule has 0 saturated carbocycles. The second-order valence-corrected chi connectivity index (χ2v) is 9.98. The minimum atomic E-state index is -3.85. The van der Waals surface area contributed by atoms with Gasteiger partial charge in [-0.2, -0.15) is 0 Å². The molecule has 0 fully saturated rings. The molecule has 9 nitrogen and oxygen atoms in total. The first-order chi connectivity index (χ1) is 16.7. The number of benzene rings is 2. The maximum absolute atomic E-state index is 13.1. The van der Waals surface area contributed by atoms with Crippen LogP contribution in [-0.4, -0.2) is 55.8 Å². The summed E-state index contributed by atoms with van der Waals surface area (Å²) >= 11 is 0. The molecule has 1 aromatic heterocycles. The molecule has 0 radical (unpaired) electrons. The van der Waals surface area contributed by atoms with Gasteiger partial charge in [0.2, 0.25) is 10.0 Å². The largest absolute Gasteiger partial charge is 0.464 e. The zero-order valence-electron chi connectivity index (χ0n) is 19.4. The monoisotopic (exact) mass is 495 g/mol. The number of aromatic nitrogens is 1. The molecule has 0 bridgehead atoms. The summed E-state index contributed by atoms with van der Waals surface area (Å²) in [4.78, 5) is 42.5. The number of amides is 2. The summed E-state index contributed by atoms with van der Waals surface area (Å²) < 4.78 is 33.3. The molecule has 1 N–H and O–H groups in total. The Bertz CT molecular complexity index is 1420. The predicted molar refractivity (Wildman–Crippen MR) is 128 cm³/mol. The Labute approximate surface area is 203 Å². The van der Waals surface area contributed by atoms with E-state index >= 15 is 0 Å². The number of fused-ring (bicyclic) bond motifs is 3. The number of aryl methyl sites for hydroxylation is 2. The topological polar surface area (TPSA) is 123 Å². The van der Waals surface area contributed by atoms with Gasteiger partial charge < -0.3 is 4.74 Å². The lowest BCUT2D eigenvalue weighted by atomic mass is 10.0. The molecule has 2 aromatic carbocycles. The molecule has 182 valence electrons. The van der Waals surface area contributed by atoms with E-state index in [4.69, 9.17) is 4.74 Å². The summed E-state index contributed by atoms with van der Waals surface area (Å²) in [5, 5.41) is 0.283. The highest BCUT2D eigenvalue weighted by atomic mass is 32.2. The number of nitrogens with one attached hydrogen (secondary N) is 1. The Hall–Kier alpha value is -3.63. The lowest BCUT2D eigenvalue weighted by Crippen LogP contribution is -2.33. The third kappa shape index (κ3) is 5.08. The zero-order chi connectivity index (χ0) is 25.2. The van der Waals surface area contributed by atoms with Gasteiger partial charge in [0.1, 0.15) is 6.61 Å². The van der Waals surface area contributed by atoms with Crippen molar-refractivity contribution in [3.8, 4) is 0 Å². The van der Waals surface area contributed by atoms with Gasteiger partial charge in [0.25, 0.3) is 11.8 Å². The highest BCUT2D eigenvalue weighted by Gasteiger charge is 2.39. The van der Waals surface area contributed by atoms with Crippen LogP contribution in [-0.2, 0) is 26.0 Å². The first-order valence-corrected chi connectivity index (χ1v) is 12.6. The average molecular weight is 496 g/mol.